The predicted molar refractivity (Wildman–Crippen MR) is 133 cm³/mol. The van der Waals surface area contributed by atoms with Crippen LogP contribution >= 0.6 is 34.5 Å². The van der Waals surface area contributed by atoms with E-state index in [-0.39, 0.29) is 24.0 Å². The molecule has 3 heterocycles. The molecule has 0 spiro atoms. The summed E-state index contributed by atoms with van der Waals surface area (Å²) in [5, 5.41) is 6.76. The number of benzene rings is 1. The monoisotopic (exact) mass is 505 g/mol. The fraction of sp³-hybridized carbons (Fsp3) is 0.391. The zero-order valence-corrected chi connectivity index (χ0v) is 20.7. The number of aryl methyl sites for hydroxylation is 1. The summed E-state index contributed by atoms with van der Waals surface area (Å²) in [7, 11) is 2.06. The van der Waals surface area contributed by atoms with Gasteiger partial charge < -0.3 is 25.4 Å². The molecule has 3 N–H and O–H groups in total. The molecule has 1 aromatic carbocycles. The lowest BCUT2D eigenvalue weighted by molar-refractivity contribution is 0.0923. The van der Waals surface area contributed by atoms with E-state index in [1.165, 1.54) is 16.9 Å². The van der Waals surface area contributed by atoms with Gasteiger partial charge in [-0.3, -0.25) is 4.79 Å². The summed E-state index contributed by atoms with van der Waals surface area (Å²) in [6, 6.07) is 7.21. The van der Waals surface area contributed by atoms with E-state index in [9.17, 15) is 9.59 Å². The quantitative estimate of drug-likeness (QED) is 0.498. The van der Waals surface area contributed by atoms with Gasteiger partial charge in [0.2, 0.25) is 0 Å². The van der Waals surface area contributed by atoms with Crippen molar-refractivity contribution in [1.82, 2.24) is 25.4 Å². The molecule has 174 valence electrons. The van der Waals surface area contributed by atoms with Crippen molar-refractivity contribution in [1.29, 1.82) is 0 Å². The van der Waals surface area contributed by atoms with Gasteiger partial charge in [0, 0.05) is 26.2 Å². The molecule has 0 saturated carbocycles. The molecular weight excluding hydrogens is 481 g/mol. The van der Waals surface area contributed by atoms with Gasteiger partial charge in [0.25, 0.3) is 5.91 Å². The third kappa shape index (κ3) is 4.21. The van der Waals surface area contributed by atoms with Gasteiger partial charge in [-0.15, -0.1) is 11.3 Å². The first-order valence-electron chi connectivity index (χ1n) is 10.9. The number of halogens is 2. The highest BCUT2D eigenvalue weighted by molar-refractivity contribution is 7.23. The number of H-pyrrole nitrogens is 1. The van der Waals surface area contributed by atoms with Crippen molar-refractivity contribution >= 4 is 56.7 Å². The van der Waals surface area contributed by atoms with Crippen molar-refractivity contribution in [3.63, 3.8) is 0 Å². The second-order valence-electron chi connectivity index (χ2n) is 8.76. The van der Waals surface area contributed by atoms with Crippen LogP contribution in [0.2, 0.25) is 9.36 Å². The summed E-state index contributed by atoms with van der Waals surface area (Å²) in [5.74, 6) is -0.236. The maximum absolute atomic E-state index is 13.1. The van der Waals surface area contributed by atoms with E-state index >= 15 is 0 Å². The molecule has 0 bridgehead atoms. The number of aromatic amines is 1. The van der Waals surface area contributed by atoms with Crippen LogP contribution < -0.4 is 10.6 Å². The van der Waals surface area contributed by atoms with Crippen molar-refractivity contribution in [2.45, 2.75) is 25.4 Å². The van der Waals surface area contributed by atoms with Crippen molar-refractivity contribution < 1.29 is 9.59 Å². The lowest BCUT2D eigenvalue weighted by Gasteiger charge is -2.34. The Morgan fingerprint density at radius 1 is 1.15 bits per heavy atom. The molecule has 0 radical (unpaired) electrons. The van der Waals surface area contributed by atoms with Crippen LogP contribution in [0.15, 0.2) is 24.3 Å². The topological polar surface area (TPSA) is 80.5 Å². The number of carbonyl (C=O) groups excluding carboxylic acids is 2. The number of carbonyl (C=O) groups is 2. The predicted octanol–water partition coefficient (Wildman–Crippen LogP) is 4.20. The van der Waals surface area contributed by atoms with Gasteiger partial charge in [0.15, 0.2) is 0 Å². The normalized spacial score (nSPS) is 20.8. The fourth-order valence-corrected chi connectivity index (χ4v) is 6.16. The minimum Gasteiger partial charge on any atom is -0.349 e. The number of likely N-dealkylation sites (N-methyl/N-ethyl adjacent to an activating group) is 1. The number of nitrogens with zero attached hydrogens (tertiary/aromatic N) is 2. The zero-order valence-electron chi connectivity index (χ0n) is 18.4. The van der Waals surface area contributed by atoms with Crippen LogP contribution in [0.1, 0.15) is 33.2 Å². The van der Waals surface area contributed by atoms with E-state index < -0.39 is 0 Å². The molecule has 7 nitrogen and oxygen atoms in total. The molecule has 1 saturated heterocycles. The number of nitrogens with one attached hydrogen (secondary N) is 3. The maximum atomic E-state index is 13.1. The molecule has 1 aliphatic heterocycles. The number of thiophene rings is 1. The molecule has 0 unspecified atom stereocenters. The summed E-state index contributed by atoms with van der Waals surface area (Å²) in [4.78, 5) is 33.3. The molecule has 3 aromatic rings. The number of piperazine rings is 1. The number of fused-ring (bicyclic) bond motifs is 2. The SMILES string of the molecule is Cc1cccc2c1C[C@H](NC(=O)c1cc3sc(Cl)c(Cl)c3[nH]1)[C@H]2NC(=O)N1CCN(C)CC1. The van der Waals surface area contributed by atoms with Gasteiger partial charge >= 0.3 is 6.03 Å². The Bertz CT molecular complexity index is 1230. The van der Waals surface area contributed by atoms with Gasteiger partial charge in [0.1, 0.15) is 10.0 Å². The summed E-state index contributed by atoms with van der Waals surface area (Å²) >= 11 is 13.7. The Morgan fingerprint density at radius 3 is 2.64 bits per heavy atom. The zero-order chi connectivity index (χ0) is 23.3. The Morgan fingerprint density at radius 2 is 1.91 bits per heavy atom. The number of hydrogen-bond acceptors (Lipinski definition) is 4. The molecule has 1 fully saturated rings. The third-order valence-electron chi connectivity index (χ3n) is 6.61. The highest BCUT2D eigenvalue weighted by Gasteiger charge is 2.37. The van der Waals surface area contributed by atoms with Crippen LogP contribution in [0, 0.1) is 6.92 Å². The largest absolute Gasteiger partial charge is 0.349 e. The summed E-state index contributed by atoms with van der Waals surface area (Å²) in [6.45, 7) is 5.15. The first kappa shape index (κ1) is 22.5. The molecule has 10 heteroatoms. The Hall–Kier alpha value is -2.26. The van der Waals surface area contributed by atoms with Crippen molar-refractivity contribution in [2.24, 2.45) is 0 Å². The van der Waals surface area contributed by atoms with Gasteiger partial charge in [-0.1, -0.05) is 41.4 Å². The lowest BCUT2D eigenvalue weighted by atomic mass is 10.0. The Labute approximate surface area is 206 Å². The minimum absolute atomic E-state index is 0.0940. The second-order valence-corrected chi connectivity index (χ2v) is 10.8. The van der Waals surface area contributed by atoms with Crippen LogP contribution in [0.4, 0.5) is 4.79 Å². The average Bonchev–Trinajstić information content (AvgIpc) is 3.43. The smallest absolute Gasteiger partial charge is 0.318 e. The van der Waals surface area contributed by atoms with E-state index in [0.29, 0.717) is 40.1 Å². The molecule has 3 amide bonds. The molecule has 2 aliphatic rings. The number of aromatic nitrogens is 1. The average molecular weight is 506 g/mol. The standard InChI is InChI=1S/C23H25Cl2N5O2S/c1-12-4-3-5-13-14(12)10-15(19(13)28-23(32)30-8-6-29(2)7-9-30)27-22(31)16-11-17-20(26-16)18(24)21(25)33-17/h3-5,11,15,19,26H,6-10H2,1-2H3,(H,27,31)(H,28,32)/t15-,19-/m0/s1. The van der Waals surface area contributed by atoms with E-state index in [2.05, 4.69) is 40.6 Å². The van der Waals surface area contributed by atoms with Gasteiger partial charge in [-0.2, -0.15) is 0 Å². The van der Waals surface area contributed by atoms with Crippen LogP contribution in [-0.2, 0) is 6.42 Å². The first-order chi connectivity index (χ1) is 15.8. The highest BCUT2D eigenvalue weighted by Crippen LogP contribution is 2.39. The van der Waals surface area contributed by atoms with Gasteiger partial charge in [-0.05, 0) is 43.1 Å². The van der Waals surface area contributed by atoms with Gasteiger partial charge in [-0.25, -0.2) is 4.79 Å². The molecular formula is C23H25Cl2N5O2S. The fourth-order valence-electron chi connectivity index (χ4n) is 4.68. The lowest BCUT2D eigenvalue weighted by Crippen LogP contribution is -2.53. The number of amides is 3. The van der Waals surface area contributed by atoms with E-state index in [1.54, 1.807) is 6.07 Å². The van der Waals surface area contributed by atoms with Crippen LogP contribution in [0.5, 0.6) is 0 Å². The Balaban J connectivity index is 1.37. The number of urea groups is 1. The highest BCUT2D eigenvalue weighted by atomic mass is 35.5. The summed E-state index contributed by atoms with van der Waals surface area (Å²) in [5.41, 5.74) is 4.48. The van der Waals surface area contributed by atoms with Crippen LogP contribution in [0.25, 0.3) is 10.2 Å². The number of rotatable bonds is 3. The first-order valence-corrected chi connectivity index (χ1v) is 12.5. The van der Waals surface area contributed by atoms with Gasteiger partial charge in [0.05, 0.1) is 27.3 Å². The molecule has 33 heavy (non-hydrogen) atoms. The molecule has 1 aliphatic carbocycles. The van der Waals surface area contributed by atoms with Crippen molar-refractivity contribution in [3.05, 3.63) is 56.0 Å². The maximum Gasteiger partial charge on any atom is 0.318 e. The number of hydrogen-bond donors (Lipinski definition) is 3. The summed E-state index contributed by atoms with van der Waals surface area (Å²) in [6.07, 6.45) is 0.656. The van der Waals surface area contributed by atoms with Crippen molar-refractivity contribution in [2.75, 3.05) is 33.2 Å². The third-order valence-corrected chi connectivity index (χ3v) is 8.54. The minimum atomic E-state index is -0.301. The summed E-state index contributed by atoms with van der Waals surface area (Å²) < 4.78 is 1.33. The van der Waals surface area contributed by atoms with E-state index in [1.807, 2.05) is 17.0 Å². The molecule has 2 atom stereocenters. The Kier molecular flexibility index (Phi) is 6.03. The van der Waals surface area contributed by atoms with E-state index in [0.717, 1.165) is 28.9 Å². The molecule has 5 rings (SSSR count). The second kappa shape index (κ2) is 8.83. The van der Waals surface area contributed by atoms with Crippen LogP contribution in [-0.4, -0.2) is 66.0 Å². The van der Waals surface area contributed by atoms with Crippen molar-refractivity contribution in [3.8, 4) is 0 Å². The van der Waals surface area contributed by atoms with Crippen LogP contribution in [0.3, 0.4) is 0 Å². The molecule has 2 aromatic heterocycles. The van der Waals surface area contributed by atoms with E-state index in [4.69, 9.17) is 23.2 Å².